The first-order valence-electron chi connectivity index (χ1n) is 7.10. The first-order chi connectivity index (χ1) is 9.91. The molecule has 1 atom stereocenters. The van der Waals surface area contributed by atoms with Crippen molar-refractivity contribution in [3.63, 3.8) is 0 Å². The number of benzene rings is 1. The second kappa shape index (κ2) is 8.12. The van der Waals surface area contributed by atoms with Crippen LogP contribution in [0.1, 0.15) is 38.8 Å². The Morgan fingerprint density at radius 2 is 1.67 bits per heavy atom. The van der Waals surface area contributed by atoms with Gasteiger partial charge in [0.15, 0.2) is 11.5 Å². The highest BCUT2D eigenvalue weighted by molar-refractivity contribution is 5.44. The molecule has 0 radical (unpaired) electrons. The first-order valence-corrected chi connectivity index (χ1v) is 7.10. The Balaban J connectivity index is 3.04. The molecule has 1 rings (SSSR count). The third kappa shape index (κ3) is 5.83. The van der Waals surface area contributed by atoms with Crippen LogP contribution in [-0.4, -0.2) is 25.9 Å². The molecule has 0 aliphatic heterocycles. The van der Waals surface area contributed by atoms with Gasteiger partial charge in [-0.25, -0.2) is 0 Å². The third-order valence-corrected chi connectivity index (χ3v) is 2.86. The van der Waals surface area contributed by atoms with Gasteiger partial charge in [0.2, 0.25) is 0 Å². The Kier molecular flexibility index (Phi) is 6.81. The predicted molar refractivity (Wildman–Crippen MR) is 75.9 cm³/mol. The summed E-state index contributed by atoms with van der Waals surface area (Å²) in [5, 5.41) is 2.86. The van der Waals surface area contributed by atoms with E-state index in [9.17, 15) is 13.2 Å². The molecule has 0 fully saturated rings. The van der Waals surface area contributed by atoms with Crippen LogP contribution in [0.4, 0.5) is 13.2 Å². The maximum Gasteiger partial charge on any atom is 0.390 e. The number of nitrogens with one attached hydrogen (secondary N) is 1. The monoisotopic (exact) mass is 305 g/mol. The van der Waals surface area contributed by atoms with Crippen LogP contribution >= 0.6 is 0 Å². The second-order valence-electron chi connectivity index (χ2n) is 4.50. The zero-order chi connectivity index (χ0) is 15.9. The van der Waals surface area contributed by atoms with Crippen LogP contribution in [0.15, 0.2) is 18.2 Å². The molecule has 120 valence electrons. The van der Waals surface area contributed by atoms with E-state index in [2.05, 4.69) is 5.32 Å². The predicted octanol–water partition coefficient (Wildman–Crippen LogP) is 4.09. The number of ether oxygens (including phenoxy) is 2. The molecule has 6 heteroatoms. The molecule has 1 N–H and O–H groups in total. The Bertz CT molecular complexity index is 435. The van der Waals surface area contributed by atoms with Gasteiger partial charge in [-0.15, -0.1) is 0 Å². The van der Waals surface area contributed by atoms with Gasteiger partial charge < -0.3 is 14.8 Å². The number of rotatable bonds is 8. The van der Waals surface area contributed by atoms with E-state index in [0.29, 0.717) is 36.8 Å². The lowest BCUT2D eigenvalue weighted by Gasteiger charge is -2.21. The molecule has 1 unspecified atom stereocenters. The van der Waals surface area contributed by atoms with Crippen molar-refractivity contribution in [3.05, 3.63) is 23.8 Å². The third-order valence-electron chi connectivity index (χ3n) is 2.86. The normalized spacial score (nSPS) is 13.0. The van der Waals surface area contributed by atoms with Crippen LogP contribution in [0, 0.1) is 0 Å². The summed E-state index contributed by atoms with van der Waals surface area (Å²) in [4.78, 5) is 0. The molecule has 1 aromatic rings. The maximum absolute atomic E-state index is 12.7. The van der Waals surface area contributed by atoms with Crippen molar-refractivity contribution in [3.8, 4) is 11.5 Å². The van der Waals surface area contributed by atoms with Crippen molar-refractivity contribution >= 4 is 0 Å². The summed E-state index contributed by atoms with van der Waals surface area (Å²) in [6.07, 6.45) is -5.14. The molecule has 0 amide bonds. The van der Waals surface area contributed by atoms with E-state index in [1.807, 2.05) is 13.8 Å². The van der Waals surface area contributed by atoms with Crippen LogP contribution in [-0.2, 0) is 0 Å². The summed E-state index contributed by atoms with van der Waals surface area (Å²) < 4.78 is 48.9. The summed E-state index contributed by atoms with van der Waals surface area (Å²) in [5.74, 6) is 1.02. The smallest absolute Gasteiger partial charge is 0.390 e. The van der Waals surface area contributed by atoms with Crippen LogP contribution in [0.5, 0.6) is 11.5 Å². The molecule has 0 bridgehead atoms. The van der Waals surface area contributed by atoms with Gasteiger partial charge in [-0.2, -0.15) is 13.2 Å². The summed E-state index contributed by atoms with van der Waals surface area (Å²) in [6, 6.07) is 4.13. The zero-order valence-corrected chi connectivity index (χ0v) is 12.6. The van der Waals surface area contributed by atoms with Gasteiger partial charge >= 0.3 is 6.18 Å². The van der Waals surface area contributed by atoms with Gasteiger partial charge in [0, 0.05) is 6.04 Å². The quantitative estimate of drug-likeness (QED) is 0.785. The highest BCUT2D eigenvalue weighted by atomic mass is 19.4. The molecular weight excluding hydrogens is 283 g/mol. The lowest BCUT2D eigenvalue weighted by molar-refractivity contribution is -0.140. The molecule has 0 saturated carbocycles. The lowest BCUT2D eigenvalue weighted by atomic mass is 10.0. The van der Waals surface area contributed by atoms with E-state index in [4.69, 9.17) is 9.47 Å². The number of halogens is 3. The van der Waals surface area contributed by atoms with Gasteiger partial charge in [-0.3, -0.25) is 0 Å². The Hall–Kier alpha value is -1.43. The number of alkyl halides is 3. The molecule has 0 heterocycles. The largest absolute Gasteiger partial charge is 0.490 e. The van der Waals surface area contributed by atoms with Gasteiger partial charge in [0.25, 0.3) is 0 Å². The summed E-state index contributed by atoms with van der Waals surface area (Å²) in [6.45, 7) is 6.79. The molecular formula is C15H22F3NO2. The fourth-order valence-electron chi connectivity index (χ4n) is 2.07. The van der Waals surface area contributed by atoms with Crippen LogP contribution in [0.2, 0.25) is 0 Å². The second-order valence-corrected chi connectivity index (χ2v) is 4.50. The van der Waals surface area contributed by atoms with E-state index < -0.39 is 18.6 Å². The molecule has 21 heavy (non-hydrogen) atoms. The van der Waals surface area contributed by atoms with Gasteiger partial charge in [0.05, 0.1) is 19.6 Å². The summed E-state index contributed by atoms with van der Waals surface area (Å²) in [7, 11) is 0. The Morgan fingerprint density at radius 1 is 1.05 bits per heavy atom. The molecule has 0 aliphatic rings. The topological polar surface area (TPSA) is 30.5 Å². The molecule has 3 nitrogen and oxygen atoms in total. The average Bonchev–Trinajstić information content (AvgIpc) is 2.39. The fraction of sp³-hybridized carbons (Fsp3) is 0.600. The zero-order valence-electron chi connectivity index (χ0n) is 12.6. The number of hydrogen-bond donors (Lipinski definition) is 1. The summed E-state index contributed by atoms with van der Waals surface area (Å²) in [5.41, 5.74) is 0.543. The van der Waals surface area contributed by atoms with Crippen molar-refractivity contribution < 1.29 is 22.6 Å². The van der Waals surface area contributed by atoms with Gasteiger partial charge in [-0.1, -0.05) is 13.0 Å². The lowest BCUT2D eigenvalue weighted by Crippen LogP contribution is -2.26. The molecule has 0 aromatic heterocycles. The minimum atomic E-state index is -4.22. The standard InChI is InChI=1S/C15H22F3NO2/c1-4-19-12(10-15(16,17)18)11-7-8-13(20-5-2)14(9-11)21-6-3/h7-9,12,19H,4-6,10H2,1-3H3. The van der Waals surface area contributed by atoms with Crippen molar-refractivity contribution in [2.24, 2.45) is 0 Å². The van der Waals surface area contributed by atoms with Crippen LogP contribution in [0.3, 0.4) is 0 Å². The van der Waals surface area contributed by atoms with E-state index in [1.165, 1.54) is 0 Å². The first kappa shape index (κ1) is 17.6. The highest BCUT2D eigenvalue weighted by Crippen LogP contribution is 2.34. The fourth-order valence-corrected chi connectivity index (χ4v) is 2.07. The van der Waals surface area contributed by atoms with E-state index in [1.54, 1.807) is 25.1 Å². The number of hydrogen-bond acceptors (Lipinski definition) is 3. The molecule has 0 saturated heterocycles. The van der Waals surface area contributed by atoms with Crippen LogP contribution < -0.4 is 14.8 Å². The minimum absolute atomic E-state index is 0.425. The Morgan fingerprint density at radius 3 is 2.19 bits per heavy atom. The average molecular weight is 305 g/mol. The Labute approximate surface area is 123 Å². The van der Waals surface area contributed by atoms with E-state index in [0.717, 1.165) is 0 Å². The van der Waals surface area contributed by atoms with E-state index >= 15 is 0 Å². The molecule has 0 spiro atoms. The minimum Gasteiger partial charge on any atom is -0.490 e. The summed E-state index contributed by atoms with van der Waals surface area (Å²) >= 11 is 0. The maximum atomic E-state index is 12.7. The van der Waals surface area contributed by atoms with Gasteiger partial charge in [0.1, 0.15) is 0 Å². The van der Waals surface area contributed by atoms with Crippen molar-refractivity contribution in [1.82, 2.24) is 5.32 Å². The SMILES string of the molecule is CCNC(CC(F)(F)F)c1ccc(OCC)c(OCC)c1. The molecule has 1 aromatic carbocycles. The van der Waals surface area contributed by atoms with Crippen molar-refractivity contribution in [1.29, 1.82) is 0 Å². The van der Waals surface area contributed by atoms with Crippen LogP contribution in [0.25, 0.3) is 0 Å². The highest BCUT2D eigenvalue weighted by Gasteiger charge is 2.32. The van der Waals surface area contributed by atoms with Gasteiger partial charge in [-0.05, 0) is 38.1 Å². The van der Waals surface area contributed by atoms with Crippen molar-refractivity contribution in [2.75, 3.05) is 19.8 Å². The van der Waals surface area contributed by atoms with Crippen molar-refractivity contribution in [2.45, 2.75) is 39.4 Å². The van der Waals surface area contributed by atoms with E-state index in [-0.39, 0.29) is 0 Å². The molecule has 0 aliphatic carbocycles.